The summed E-state index contributed by atoms with van der Waals surface area (Å²) >= 11 is 0. The summed E-state index contributed by atoms with van der Waals surface area (Å²) in [6.45, 7) is 5.00. The van der Waals surface area contributed by atoms with Gasteiger partial charge in [0.1, 0.15) is 0 Å². The normalized spacial score (nSPS) is 13.6. The molecule has 67 valence electrons. The van der Waals surface area contributed by atoms with Crippen molar-refractivity contribution >= 4 is 8.69 Å². The molecule has 0 N–H and O–H groups in total. The van der Waals surface area contributed by atoms with E-state index in [9.17, 15) is 4.57 Å². The lowest BCUT2D eigenvalue weighted by atomic mass is 10.0. The fourth-order valence-electron chi connectivity index (χ4n) is 1.05. The maximum absolute atomic E-state index is 10.0. The van der Waals surface area contributed by atoms with E-state index in [-0.39, 0.29) is 0 Å². The molecule has 1 radical (unpaired) electrons. The van der Waals surface area contributed by atoms with E-state index in [1.807, 2.05) is 0 Å². The van der Waals surface area contributed by atoms with Gasteiger partial charge in [-0.1, -0.05) is 33.1 Å². The van der Waals surface area contributed by atoms with Crippen LogP contribution in [0.3, 0.4) is 0 Å². The van der Waals surface area contributed by atoms with Gasteiger partial charge in [0.05, 0.1) is 6.61 Å². The van der Waals surface area contributed by atoms with Gasteiger partial charge in [-0.15, -0.1) is 0 Å². The van der Waals surface area contributed by atoms with Crippen LogP contribution in [-0.2, 0) is 9.09 Å². The standard InChI is InChI=1S/C8H18O2P/c1-3-5-6-8(4-2)7-10-11-9/h8,11H,3-7H2,1-2H3. The quantitative estimate of drug-likeness (QED) is 0.558. The molecule has 0 aliphatic rings. The first-order valence-corrected chi connectivity index (χ1v) is 5.15. The fourth-order valence-corrected chi connectivity index (χ4v) is 1.35. The van der Waals surface area contributed by atoms with Gasteiger partial charge in [0.15, 0.2) is 8.69 Å². The Morgan fingerprint density at radius 2 is 2.18 bits per heavy atom. The molecule has 0 aliphatic carbocycles. The zero-order valence-corrected chi connectivity index (χ0v) is 8.43. The predicted octanol–water partition coefficient (Wildman–Crippen LogP) is 3.16. The molecule has 0 heterocycles. The van der Waals surface area contributed by atoms with Gasteiger partial charge in [-0.2, -0.15) is 0 Å². The molecular formula is C8H18O2P. The van der Waals surface area contributed by atoms with Crippen LogP contribution in [0.2, 0.25) is 0 Å². The highest BCUT2D eigenvalue weighted by molar-refractivity contribution is 7.17. The minimum absolute atomic E-state index is 0.591. The largest absolute Gasteiger partial charge is 0.306 e. The van der Waals surface area contributed by atoms with E-state index in [2.05, 4.69) is 13.8 Å². The van der Waals surface area contributed by atoms with Gasteiger partial charge in [0.25, 0.3) is 0 Å². The molecule has 0 spiro atoms. The predicted molar refractivity (Wildman–Crippen MR) is 48.3 cm³/mol. The first-order valence-electron chi connectivity index (χ1n) is 4.34. The summed E-state index contributed by atoms with van der Waals surface area (Å²) in [4.78, 5) is 0. The van der Waals surface area contributed by atoms with E-state index in [4.69, 9.17) is 4.52 Å². The van der Waals surface area contributed by atoms with E-state index in [1.54, 1.807) is 0 Å². The smallest absolute Gasteiger partial charge is 0.198 e. The van der Waals surface area contributed by atoms with Crippen LogP contribution in [0.25, 0.3) is 0 Å². The van der Waals surface area contributed by atoms with Crippen LogP contribution >= 0.6 is 8.69 Å². The van der Waals surface area contributed by atoms with Gasteiger partial charge < -0.3 is 4.52 Å². The van der Waals surface area contributed by atoms with Crippen molar-refractivity contribution in [1.82, 2.24) is 0 Å². The Morgan fingerprint density at radius 1 is 1.45 bits per heavy atom. The second kappa shape index (κ2) is 8.16. The second-order valence-corrected chi connectivity index (χ2v) is 3.27. The average molecular weight is 177 g/mol. The lowest BCUT2D eigenvalue weighted by Gasteiger charge is -2.11. The van der Waals surface area contributed by atoms with Gasteiger partial charge in [-0.05, 0) is 12.3 Å². The number of hydrogen-bond donors (Lipinski definition) is 0. The van der Waals surface area contributed by atoms with Crippen LogP contribution in [0.1, 0.15) is 39.5 Å². The Kier molecular flexibility index (Phi) is 8.20. The van der Waals surface area contributed by atoms with Crippen molar-refractivity contribution in [2.24, 2.45) is 5.92 Å². The Hall–Kier alpha value is 0.0600. The van der Waals surface area contributed by atoms with Gasteiger partial charge in [-0.3, -0.25) is 4.57 Å². The summed E-state index contributed by atoms with van der Waals surface area (Å²) in [5.41, 5.74) is 0. The summed E-state index contributed by atoms with van der Waals surface area (Å²) in [5.74, 6) is 0.608. The molecule has 11 heavy (non-hydrogen) atoms. The summed E-state index contributed by atoms with van der Waals surface area (Å²) in [5, 5.41) is 0. The molecule has 0 aliphatic heterocycles. The summed E-state index contributed by atoms with van der Waals surface area (Å²) in [6, 6.07) is 0. The molecule has 2 atom stereocenters. The van der Waals surface area contributed by atoms with Crippen molar-refractivity contribution in [2.45, 2.75) is 39.5 Å². The minimum atomic E-state index is -0.591. The summed E-state index contributed by atoms with van der Waals surface area (Å²) in [6.07, 6.45) is 4.82. The average Bonchev–Trinajstić information content (AvgIpc) is 2.05. The van der Waals surface area contributed by atoms with Crippen molar-refractivity contribution < 1.29 is 9.09 Å². The first-order chi connectivity index (χ1) is 5.35. The number of unbranched alkanes of at least 4 members (excludes halogenated alkanes) is 1. The van der Waals surface area contributed by atoms with Crippen molar-refractivity contribution in [3.05, 3.63) is 0 Å². The fraction of sp³-hybridized carbons (Fsp3) is 1.00. The lowest BCUT2D eigenvalue weighted by molar-refractivity contribution is 0.251. The third kappa shape index (κ3) is 6.46. The van der Waals surface area contributed by atoms with Crippen LogP contribution in [0.5, 0.6) is 0 Å². The molecule has 0 rings (SSSR count). The van der Waals surface area contributed by atoms with Crippen molar-refractivity contribution in [3.8, 4) is 0 Å². The van der Waals surface area contributed by atoms with Gasteiger partial charge >= 0.3 is 0 Å². The highest BCUT2D eigenvalue weighted by atomic mass is 31.1. The van der Waals surface area contributed by atoms with Gasteiger partial charge in [0, 0.05) is 0 Å². The SMILES string of the molecule is CCCCC(CC)CO[PH]=O. The van der Waals surface area contributed by atoms with Crippen LogP contribution in [0.15, 0.2) is 0 Å². The molecule has 0 amide bonds. The van der Waals surface area contributed by atoms with Crippen molar-refractivity contribution in [1.29, 1.82) is 0 Å². The van der Waals surface area contributed by atoms with Gasteiger partial charge in [0.2, 0.25) is 0 Å². The van der Waals surface area contributed by atoms with E-state index in [0.717, 1.165) is 6.42 Å². The molecular weight excluding hydrogens is 159 g/mol. The zero-order chi connectivity index (χ0) is 8.53. The number of rotatable bonds is 7. The van der Waals surface area contributed by atoms with Crippen LogP contribution in [-0.4, -0.2) is 6.61 Å². The monoisotopic (exact) mass is 177 g/mol. The van der Waals surface area contributed by atoms with Crippen LogP contribution in [0.4, 0.5) is 0 Å². The Bertz CT molecular complexity index is 96.1. The molecule has 2 nitrogen and oxygen atoms in total. The van der Waals surface area contributed by atoms with Crippen molar-refractivity contribution in [2.75, 3.05) is 6.61 Å². The van der Waals surface area contributed by atoms with Gasteiger partial charge in [-0.25, -0.2) is 0 Å². The molecule has 0 aromatic carbocycles. The maximum Gasteiger partial charge on any atom is 0.198 e. The highest BCUT2D eigenvalue weighted by Crippen LogP contribution is 2.14. The van der Waals surface area contributed by atoms with E-state index in [1.165, 1.54) is 19.3 Å². The summed E-state index contributed by atoms with van der Waals surface area (Å²) < 4.78 is 14.9. The van der Waals surface area contributed by atoms with Crippen LogP contribution < -0.4 is 0 Å². The Balaban J connectivity index is 3.32. The Labute approximate surface area is 70.6 Å². The van der Waals surface area contributed by atoms with E-state index < -0.39 is 8.69 Å². The molecule has 0 fully saturated rings. The van der Waals surface area contributed by atoms with E-state index >= 15 is 0 Å². The molecule has 0 saturated heterocycles. The first kappa shape index (κ1) is 11.1. The topological polar surface area (TPSA) is 26.3 Å². The lowest BCUT2D eigenvalue weighted by Crippen LogP contribution is -2.04. The molecule has 3 heteroatoms. The molecule has 0 aromatic heterocycles. The summed E-state index contributed by atoms with van der Waals surface area (Å²) in [7, 11) is -0.591. The third-order valence-corrected chi connectivity index (χ3v) is 2.21. The third-order valence-electron chi connectivity index (χ3n) is 1.92. The second-order valence-electron chi connectivity index (χ2n) is 2.81. The molecule has 0 saturated carbocycles. The van der Waals surface area contributed by atoms with Crippen molar-refractivity contribution in [3.63, 3.8) is 0 Å². The van der Waals surface area contributed by atoms with Crippen LogP contribution in [0, 0.1) is 5.92 Å². The number of hydrogen-bond acceptors (Lipinski definition) is 2. The molecule has 0 aromatic rings. The minimum Gasteiger partial charge on any atom is -0.306 e. The zero-order valence-electron chi connectivity index (χ0n) is 7.43. The maximum atomic E-state index is 10.0. The highest BCUT2D eigenvalue weighted by Gasteiger charge is 2.04. The van der Waals surface area contributed by atoms with E-state index in [0.29, 0.717) is 12.5 Å². The Morgan fingerprint density at radius 3 is 2.64 bits per heavy atom. The molecule has 2 unspecified atom stereocenters. The molecule has 0 bridgehead atoms.